The van der Waals surface area contributed by atoms with Gasteiger partial charge in [-0.1, -0.05) is 11.8 Å². The van der Waals surface area contributed by atoms with Crippen LogP contribution in [0.15, 0.2) is 23.4 Å². The number of carbonyl (C=O) groups is 1. The summed E-state index contributed by atoms with van der Waals surface area (Å²) >= 11 is 1.41. The number of ether oxygens (including phenoxy) is 3. The zero-order valence-corrected chi connectivity index (χ0v) is 18.0. The minimum absolute atomic E-state index is 0.104. The zero-order valence-electron chi connectivity index (χ0n) is 17.2. The molecule has 28 heavy (non-hydrogen) atoms. The molecule has 0 aliphatic carbocycles. The van der Waals surface area contributed by atoms with E-state index in [9.17, 15) is 4.79 Å². The summed E-state index contributed by atoms with van der Waals surface area (Å²) in [6.45, 7) is 10.2. The minimum Gasteiger partial charge on any atom is -0.490 e. The van der Waals surface area contributed by atoms with Crippen molar-refractivity contribution in [3.05, 3.63) is 29.6 Å². The van der Waals surface area contributed by atoms with Gasteiger partial charge in [-0.3, -0.25) is 4.79 Å². The number of anilines is 1. The van der Waals surface area contributed by atoms with E-state index in [0.717, 1.165) is 16.5 Å². The van der Waals surface area contributed by atoms with Crippen molar-refractivity contribution >= 4 is 23.4 Å². The van der Waals surface area contributed by atoms with Crippen LogP contribution in [0.25, 0.3) is 0 Å². The zero-order chi connectivity index (χ0) is 20.5. The van der Waals surface area contributed by atoms with E-state index in [0.29, 0.717) is 43.6 Å². The van der Waals surface area contributed by atoms with Gasteiger partial charge in [-0.05, 0) is 39.8 Å². The van der Waals surface area contributed by atoms with Crippen molar-refractivity contribution < 1.29 is 19.0 Å². The minimum atomic E-state index is -0.104. The smallest absolute Gasteiger partial charge is 0.234 e. The molecule has 0 saturated heterocycles. The Morgan fingerprint density at radius 1 is 1.18 bits per heavy atom. The molecule has 1 amide bonds. The van der Waals surface area contributed by atoms with Gasteiger partial charge >= 0.3 is 0 Å². The Morgan fingerprint density at radius 3 is 2.57 bits per heavy atom. The van der Waals surface area contributed by atoms with Gasteiger partial charge in [-0.2, -0.15) is 0 Å². The molecular weight excluding hydrogens is 378 g/mol. The molecule has 2 aromatic rings. The molecule has 1 N–H and O–H groups in total. The van der Waals surface area contributed by atoms with E-state index in [2.05, 4.69) is 14.9 Å². The second-order valence-electron chi connectivity index (χ2n) is 6.07. The first-order valence-corrected chi connectivity index (χ1v) is 10.3. The molecule has 2 rings (SSSR count). The summed E-state index contributed by atoms with van der Waals surface area (Å²) in [5.41, 5.74) is 2.73. The molecule has 0 aliphatic rings. The van der Waals surface area contributed by atoms with Crippen LogP contribution in [0.1, 0.15) is 25.2 Å². The van der Waals surface area contributed by atoms with E-state index in [-0.39, 0.29) is 11.7 Å². The van der Waals surface area contributed by atoms with E-state index in [4.69, 9.17) is 14.2 Å². The average molecular weight is 408 g/mol. The Bertz CT molecular complexity index is 792. The van der Waals surface area contributed by atoms with Crippen molar-refractivity contribution in [1.82, 2.24) is 9.55 Å². The van der Waals surface area contributed by atoms with Crippen LogP contribution in [0.2, 0.25) is 0 Å². The molecule has 7 nitrogen and oxygen atoms in total. The number of hydrogen-bond acceptors (Lipinski definition) is 6. The maximum atomic E-state index is 12.4. The van der Waals surface area contributed by atoms with Crippen LogP contribution in [0.5, 0.6) is 11.5 Å². The van der Waals surface area contributed by atoms with E-state index < -0.39 is 0 Å². The predicted molar refractivity (Wildman–Crippen MR) is 112 cm³/mol. The van der Waals surface area contributed by atoms with Crippen molar-refractivity contribution in [2.75, 3.05) is 38.0 Å². The van der Waals surface area contributed by atoms with Gasteiger partial charge in [0.25, 0.3) is 0 Å². The number of benzene rings is 1. The molecule has 0 aliphatic heterocycles. The molecule has 154 valence electrons. The fourth-order valence-electron chi connectivity index (χ4n) is 2.64. The molecule has 0 fully saturated rings. The summed E-state index contributed by atoms with van der Waals surface area (Å²) in [5.74, 6) is 1.45. The van der Waals surface area contributed by atoms with Crippen LogP contribution in [0.3, 0.4) is 0 Å². The van der Waals surface area contributed by atoms with Crippen LogP contribution in [-0.4, -0.2) is 48.1 Å². The number of methoxy groups -OCH3 is 1. The Labute approximate surface area is 170 Å². The van der Waals surface area contributed by atoms with Crippen LogP contribution in [-0.2, 0) is 16.1 Å². The Morgan fingerprint density at radius 2 is 1.89 bits per heavy atom. The second kappa shape index (κ2) is 11.0. The lowest BCUT2D eigenvalue weighted by Crippen LogP contribution is -2.15. The molecule has 0 bridgehead atoms. The molecule has 1 aromatic carbocycles. The monoisotopic (exact) mass is 407 g/mol. The first-order valence-electron chi connectivity index (χ1n) is 9.35. The number of hydrogen-bond donors (Lipinski definition) is 1. The highest BCUT2D eigenvalue weighted by Crippen LogP contribution is 2.31. The third-order valence-electron chi connectivity index (χ3n) is 4.10. The normalized spacial score (nSPS) is 10.8. The van der Waals surface area contributed by atoms with Crippen LogP contribution >= 0.6 is 11.8 Å². The number of nitrogens with one attached hydrogen (secondary N) is 1. The fraction of sp³-hybridized carbons (Fsp3) is 0.500. The standard InChI is InChI=1S/C20H29N3O4S/c1-6-26-17-9-8-16(12-18(17)27-7-2)22-19(24)13-28-20-21-14(3)15(4)23(20)10-11-25-5/h8-9,12H,6-7,10-11,13H2,1-5H3,(H,22,24). The maximum Gasteiger partial charge on any atom is 0.234 e. The van der Waals surface area contributed by atoms with Gasteiger partial charge in [0.2, 0.25) is 5.91 Å². The number of nitrogens with zero attached hydrogens (tertiary/aromatic N) is 2. The van der Waals surface area contributed by atoms with Crippen LogP contribution in [0.4, 0.5) is 5.69 Å². The summed E-state index contributed by atoms with van der Waals surface area (Å²) in [4.78, 5) is 17.0. The molecule has 0 spiro atoms. The van der Waals surface area contributed by atoms with Gasteiger partial charge in [0.15, 0.2) is 16.7 Å². The van der Waals surface area contributed by atoms with Gasteiger partial charge in [0, 0.05) is 31.1 Å². The Balaban J connectivity index is 2.01. The lowest BCUT2D eigenvalue weighted by Gasteiger charge is -2.13. The first kappa shape index (κ1) is 22.1. The quantitative estimate of drug-likeness (QED) is 0.573. The van der Waals surface area contributed by atoms with Gasteiger partial charge in [0.1, 0.15) is 0 Å². The second-order valence-corrected chi connectivity index (χ2v) is 7.02. The first-order chi connectivity index (χ1) is 13.5. The lowest BCUT2D eigenvalue weighted by atomic mass is 10.2. The summed E-state index contributed by atoms with van der Waals surface area (Å²) in [7, 11) is 1.67. The molecule has 1 aromatic heterocycles. The predicted octanol–water partition coefficient (Wildman–Crippen LogP) is 3.67. The molecule has 0 radical (unpaired) electrons. The summed E-state index contributed by atoms with van der Waals surface area (Å²) in [6.07, 6.45) is 0. The maximum absolute atomic E-state index is 12.4. The topological polar surface area (TPSA) is 74.6 Å². The fourth-order valence-corrected chi connectivity index (χ4v) is 3.55. The van der Waals surface area contributed by atoms with Crippen molar-refractivity contribution in [2.24, 2.45) is 0 Å². The average Bonchev–Trinajstić information content (AvgIpc) is 2.94. The lowest BCUT2D eigenvalue weighted by molar-refractivity contribution is -0.113. The highest BCUT2D eigenvalue weighted by molar-refractivity contribution is 7.99. The SMILES string of the molecule is CCOc1ccc(NC(=O)CSc2nc(C)c(C)n2CCOC)cc1OCC. The van der Waals surface area contributed by atoms with E-state index >= 15 is 0 Å². The number of thioether (sulfide) groups is 1. The Hall–Kier alpha value is -2.19. The van der Waals surface area contributed by atoms with Crippen molar-refractivity contribution in [3.8, 4) is 11.5 Å². The van der Waals surface area contributed by atoms with Gasteiger partial charge in [-0.25, -0.2) is 4.98 Å². The number of aromatic nitrogens is 2. The van der Waals surface area contributed by atoms with E-state index in [1.54, 1.807) is 19.2 Å². The van der Waals surface area contributed by atoms with Crippen molar-refractivity contribution in [2.45, 2.75) is 39.4 Å². The van der Waals surface area contributed by atoms with Crippen molar-refractivity contribution in [1.29, 1.82) is 0 Å². The van der Waals surface area contributed by atoms with E-state index in [1.807, 2.05) is 33.8 Å². The number of amides is 1. The number of imidazole rings is 1. The van der Waals surface area contributed by atoms with Gasteiger partial charge in [0.05, 0.1) is 31.3 Å². The van der Waals surface area contributed by atoms with Crippen LogP contribution in [0, 0.1) is 13.8 Å². The third-order valence-corrected chi connectivity index (χ3v) is 5.08. The molecule has 0 saturated carbocycles. The third kappa shape index (κ3) is 5.90. The number of rotatable bonds is 11. The van der Waals surface area contributed by atoms with Gasteiger partial charge in [-0.15, -0.1) is 0 Å². The molecule has 0 atom stereocenters. The molecule has 0 unspecified atom stereocenters. The number of aryl methyl sites for hydroxylation is 1. The van der Waals surface area contributed by atoms with Crippen molar-refractivity contribution in [3.63, 3.8) is 0 Å². The highest BCUT2D eigenvalue weighted by atomic mass is 32.2. The Kier molecular flexibility index (Phi) is 8.66. The van der Waals surface area contributed by atoms with E-state index in [1.165, 1.54) is 11.8 Å². The molecule has 1 heterocycles. The summed E-state index contributed by atoms with van der Waals surface area (Å²) in [6, 6.07) is 5.40. The van der Waals surface area contributed by atoms with Crippen LogP contribution < -0.4 is 14.8 Å². The van der Waals surface area contributed by atoms with Gasteiger partial charge < -0.3 is 24.1 Å². The largest absolute Gasteiger partial charge is 0.490 e. The highest BCUT2D eigenvalue weighted by Gasteiger charge is 2.14. The number of carbonyl (C=O) groups excluding carboxylic acids is 1. The summed E-state index contributed by atoms with van der Waals surface area (Å²) < 4.78 is 18.4. The molecular formula is C20H29N3O4S. The molecule has 8 heteroatoms. The summed E-state index contributed by atoms with van der Waals surface area (Å²) in [5, 5.41) is 3.73.